The number of aryl methyl sites for hydroxylation is 1. The van der Waals surface area contributed by atoms with Crippen molar-refractivity contribution in [2.75, 3.05) is 5.75 Å². The number of rotatable bonds is 4. The van der Waals surface area contributed by atoms with E-state index < -0.39 is 0 Å². The fourth-order valence-corrected chi connectivity index (χ4v) is 2.29. The summed E-state index contributed by atoms with van der Waals surface area (Å²) in [5.41, 5.74) is 6.78. The van der Waals surface area contributed by atoms with Gasteiger partial charge in [0.2, 0.25) is 0 Å². The van der Waals surface area contributed by atoms with Crippen LogP contribution in [0.4, 0.5) is 4.39 Å². The zero-order chi connectivity index (χ0) is 12.3. The molecule has 1 atom stereocenters. The van der Waals surface area contributed by atoms with Gasteiger partial charge < -0.3 is 5.73 Å². The van der Waals surface area contributed by atoms with E-state index in [1.54, 1.807) is 10.7 Å². The molecule has 6 heteroatoms. The van der Waals surface area contributed by atoms with Crippen molar-refractivity contribution in [3.63, 3.8) is 0 Å². The average Bonchev–Trinajstić information content (AvgIpc) is 2.72. The van der Waals surface area contributed by atoms with Gasteiger partial charge in [0.05, 0.1) is 0 Å². The van der Waals surface area contributed by atoms with Gasteiger partial charge in [-0.05, 0) is 17.7 Å². The summed E-state index contributed by atoms with van der Waals surface area (Å²) < 4.78 is 14.7. The summed E-state index contributed by atoms with van der Waals surface area (Å²) in [6.07, 6.45) is 1.50. The highest BCUT2D eigenvalue weighted by Crippen LogP contribution is 2.21. The minimum absolute atomic E-state index is 0.215. The van der Waals surface area contributed by atoms with Crippen LogP contribution in [0.5, 0.6) is 0 Å². The number of hydrogen-bond acceptors (Lipinski definition) is 4. The van der Waals surface area contributed by atoms with E-state index in [-0.39, 0.29) is 11.9 Å². The lowest BCUT2D eigenvalue weighted by atomic mass is 10.1. The quantitative estimate of drug-likeness (QED) is 0.842. The van der Waals surface area contributed by atoms with Crippen molar-refractivity contribution in [2.45, 2.75) is 11.2 Å². The molecule has 0 saturated heterocycles. The van der Waals surface area contributed by atoms with Crippen molar-refractivity contribution >= 4 is 11.8 Å². The Hall–Kier alpha value is -1.40. The number of nitrogens with two attached hydrogens (primary N) is 1. The van der Waals surface area contributed by atoms with Crippen molar-refractivity contribution in [2.24, 2.45) is 12.8 Å². The molecular formula is C11H13FN4S. The third-order valence-corrected chi connectivity index (χ3v) is 3.49. The van der Waals surface area contributed by atoms with Crippen molar-refractivity contribution in [3.8, 4) is 0 Å². The van der Waals surface area contributed by atoms with E-state index in [0.29, 0.717) is 5.75 Å². The van der Waals surface area contributed by atoms with E-state index in [9.17, 15) is 4.39 Å². The van der Waals surface area contributed by atoms with E-state index in [1.165, 1.54) is 30.2 Å². The molecule has 0 saturated carbocycles. The largest absolute Gasteiger partial charge is 0.323 e. The molecule has 17 heavy (non-hydrogen) atoms. The van der Waals surface area contributed by atoms with Gasteiger partial charge in [0.1, 0.15) is 12.1 Å². The lowest BCUT2D eigenvalue weighted by Gasteiger charge is -2.11. The van der Waals surface area contributed by atoms with Crippen LogP contribution in [-0.4, -0.2) is 20.5 Å². The normalized spacial score (nSPS) is 12.6. The maximum absolute atomic E-state index is 13.0. The molecule has 0 spiro atoms. The predicted molar refractivity (Wildman–Crippen MR) is 65.1 cm³/mol. The molecule has 2 N–H and O–H groups in total. The minimum atomic E-state index is -0.262. The number of hydrogen-bond donors (Lipinski definition) is 1. The molecule has 4 nitrogen and oxygen atoms in total. The van der Waals surface area contributed by atoms with Gasteiger partial charge in [-0.3, -0.25) is 0 Å². The number of aromatic nitrogens is 3. The van der Waals surface area contributed by atoms with Crippen molar-refractivity contribution < 1.29 is 4.39 Å². The standard InChI is InChI=1S/C11H13FN4S/c1-16-11(14-7-15-16)17-6-10(13)8-3-2-4-9(12)5-8/h2-5,7,10H,6,13H2,1H3. The monoisotopic (exact) mass is 252 g/mol. The van der Waals surface area contributed by atoms with Gasteiger partial charge in [0.25, 0.3) is 0 Å². The van der Waals surface area contributed by atoms with Crippen LogP contribution >= 0.6 is 11.8 Å². The third-order valence-electron chi connectivity index (χ3n) is 2.34. The molecule has 0 aliphatic carbocycles. The molecule has 1 aromatic carbocycles. The van der Waals surface area contributed by atoms with E-state index in [0.717, 1.165) is 10.7 Å². The van der Waals surface area contributed by atoms with Gasteiger partial charge in [0, 0.05) is 18.8 Å². The van der Waals surface area contributed by atoms with Gasteiger partial charge in [-0.25, -0.2) is 14.1 Å². The molecule has 0 amide bonds. The Balaban J connectivity index is 1.98. The Labute approximate surface area is 103 Å². The fraction of sp³-hybridized carbons (Fsp3) is 0.273. The highest BCUT2D eigenvalue weighted by atomic mass is 32.2. The molecule has 0 radical (unpaired) electrons. The first kappa shape index (κ1) is 12.1. The summed E-state index contributed by atoms with van der Waals surface area (Å²) in [5.74, 6) is 0.373. The summed E-state index contributed by atoms with van der Waals surface area (Å²) in [4.78, 5) is 4.08. The first-order chi connectivity index (χ1) is 8.16. The summed E-state index contributed by atoms with van der Waals surface area (Å²) in [6, 6.07) is 6.14. The van der Waals surface area contributed by atoms with E-state index in [2.05, 4.69) is 10.1 Å². The molecule has 0 aliphatic rings. The SMILES string of the molecule is Cn1ncnc1SCC(N)c1cccc(F)c1. The Morgan fingerprint density at radius 3 is 3.00 bits per heavy atom. The first-order valence-corrected chi connectivity index (χ1v) is 6.13. The number of nitrogens with zero attached hydrogens (tertiary/aromatic N) is 3. The molecule has 1 unspecified atom stereocenters. The summed E-state index contributed by atoms with van der Waals surface area (Å²) in [6.45, 7) is 0. The van der Waals surface area contributed by atoms with Crippen LogP contribution in [-0.2, 0) is 7.05 Å². The molecule has 0 bridgehead atoms. The van der Waals surface area contributed by atoms with Crippen LogP contribution in [0.2, 0.25) is 0 Å². The topological polar surface area (TPSA) is 56.7 Å². The summed E-state index contributed by atoms with van der Waals surface area (Å²) in [5, 5.41) is 4.77. The van der Waals surface area contributed by atoms with Crippen LogP contribution < -0.4 is 5.73 Å². The molecule has 1 aromatic heterocycles. The molecule has 2 aromatic rings. The summed E-state index contributed by atoms with van der Waals surface area (Å²) in [7, 11) is 1.82. The lowest BCUT2D eigenvalue weighted by Crippen LogP contribution is -2.13. The Kier molecular flexibility index (Phi) is 3.75. The fourth-order valence-electron chi connectivity index (χ4n) is 1.41. The molecule has 0 fully saturated rings. The van der Waals surface area contributed by atoms with Gasteiger partial charge >= 0.3 is 0 Å². The smallest absolute Gasteiger partial charge is 0.185 e. The maximum Gasteiger partial charge on any atom is 0.185 e. The van der Waals surface area contributed by atoms with Crippen LogP contribution in [0.3, 0.4) is 0 Å². The average molecular weight is 252 g/mol. The Morgan fingerprint density at radius 2 is 2.35 bits per heavy atom. The first-order valence-electron chi connectivity index (χ1n) is 5.14. The van der Waals surface area contributed by atoms with Crippen LogP contribution in [0, 0.1) is 5.82 Å². The van der Waals surface area contributed by atoms with E-state index >= 15 is 0 Å². The second kappa shape index (κ2) is 5.29. The Morgan fingerprint density at radius 1 is 1.53 bits per heavy atom. The van der Waals surface area contributed by atoms with Crippen LogP contribution in [0.25, 0.3) is 0 Å². The second-order valence-electron chi connectivity index (χ2n) is 3.64. The second-order valence-corrected chi connectivity index (χ2v) is 4.63. The number of benzene rings is 1. The molecule has 0 aliphatic heterocycles. The van der Waals surface area contributed by atoms with Gasteiger partial charge in [-0.15, -0.1) is 0 Å². The van der Waals surface area contributed by atoms with Crippen molar-refractivity contribution in [3.05, 3.63) is 42.0 Å². The molecule has 1 heterocycles. The number of thioether (sulfide) groups is 1. The van der Waals surface area contributed by atoms with Gasteiger partial charge in [-0.2, -0.15) is 5.10 Å². The third kappa shape index (κ3) is 3.04. The van der Waals surface area contributed by atoms with Crippen LogP contribution in [0.1, 0.15) is 11.6 Å². The van der Waals surface area contributed by atoms with E-state index in [1.807, 2.05) is 13.1 Å². The van der Waals surface area contributed by atoms with Crippen molar-refractivity contribution in [1.29, 1.82) is 0 Å². The number of halogens is 1. The van der Waals surface area contributed by atoms with Crippen LogP contribution in [0.15, 0.2) is 35.7 Å². The van der Waals surface area contributed by atoms with E-state index in [4.69, 9.17) is 5.73 Å². The summed E-state index contributed by atoms with van der Waals surface area (Å²) >= 11 is 1.50. The Bertz CT molecular complexity index is 500. The lowest BCUT2D eigenvalue weighted by molar-refractivity contribution is 0.622. The van der Waals surface area contributed by atoms with Gasteiger partial charge in [0.15, 0.2) is 5.16 Å². The molecule has 2 rings (SSSR count). The maximum atomic E-state index is 13.0. The minimum Gasteiger partial charge on any atom is -0.323 e. The highest BCUT2D eigenvalue weighted by molar-refractivity contribution is 7.99. The van der Waals surface area contributed by atoms with Crippen molar-refractivity contribution in [1.82, 2.24) is 14.8 Å². The van der Waals surface area contributed by atoms with Gasteiger partial charge in [-0.1, -0.05) is 23.9 Å². The zero-order valence-electron chi connectivity index (χ0n) is 9.38. The molecular weight excluding hydrogens is 239 g/mol. The highest BCUT2D eigenvalue weighted by Gasteiger charge is 2.09. The molecule has 90 valence electrons. The predicted octanol–water partition coefficient (Wildman–Crippen LogP) is 1.75. The zero-order valence-corrected chi connectivity index (χ0v) is 10.2.